The minimum absolute atomic E-state index is 0.0348. The Labute approximate surface area is 205 Å². The van der Waals surface area contributed by atoms with Crippen molar-refractivity contribution in [1.82, 2.24) is 10.2 Å². The van der Waals surface area contributed by atoms with Gasteiger partial charge in [-0.3, -0.25) is 19.7 Å². The zero-order chi connectivity index (χ0) is 25.2. The molecule has 1 N–H and O–H groups in total. The van der Waals surface area contributed by atoms with Gasteiger partial charge in [-0.1, -0.05) is 24.3 Å². The lowest BCUT2D eigenvalue weighted by atomic mass is 9.86. The van der Waals surface area contributed by atoms with Crippen LogP contribution < -0.4 is 5.32 Å². The molecule has 0 aliphatic carbocycles. The zero-order valence-corrected chi connectivity index (χ0v) is 20.5. The number of carbonyl (C=O) groups is 4. The molecule has 2 aromatic rings. The average molecular weight is 477 g/mol. The molecule has 7 nitrogen and oxygen atoms in total. The molecule has 2 aliphatic rings. The van der Waals surface area contributed by atoms with Crippen LogP contribution in [0.3, 0.4) is 0 Å². The fraction of sp³-hybridized carbons (Fsp3) is 0.429. The summed E-state index contributed by atoms with van der Waals surface area (Å²) >= 11 is 0. The Balaban J connectivity index is 1.32. The summed E-state index contributed by atoms with van der Waals surface area (Å²) in [5, 5.41) is 2.41. The highest BCUT2D eigenvalue weighted by molar-refractivity contribution is 6.01. The second-order valence-electron chi connectivity index (χ2n) is 10.3. The molecule has 0 bridgehead atoms. The van der Waals surface area contributed by atoms with E-state index in [4.69, 9.17) is 4.74 Å². The van der Waals surface area contributed by atoms with E-state index in [9.17, 15) is 19.2 Å². The molecule has 1 unspecified atom stereocenters. The van der Waals surface area contributed by atoms with E-state index < -0.39 is 11.6 Å². The predicted octanol–water partition coefficient (Wildman–Crippen LogP) is 4.18. The molecule has 184 valence electrons. The Morgan fingerprint density at radius 1 is 0.857 bits per heavy atom. The Morgan fingerprint density at radius 3 is 2.00 bits per heavy atom. The standard InChI is InChI=1S/C28H32N2O5/c1-28(2,3)35-27(34)22-10-8-21(9-11-22)26(33)30-16-14-19(15-17-30)18-4-6-20(7-5-18)23-12-13-24(31)29-25(23)32/h4-11,19,23H,12-17H2,1-3H3,(H,29,31,32). The van der Waals surface area contributed by atoms with Crippen molar-refractivity contribution in [2.45, 2.75) is 63.9 Å². The van der Waals surface area contributed by atoms with Crippen LogP contribution in [0.25, 0.3) is 0 Å². The molecule has 2 saturated heterocycles. The quantitative estimate of drug-likeness (QED) is 0.528. The van der Waals surface area contributed by atoms with Gasteiger partial charge >= 0.3 is 5.97 Å². The first-order valence-electron chi connectivity index (χ1n) is 12.2. The molecule has 0 radical (unpaired) electrons. The van der Waals surface area contributed by atoms with E-state index in [2.05, 4.69) is 17.4 Å². The summed E-state index contributed by atoms with van der Waals surface area (Å²) in [6.07, 6.45) is 2.64. The van der Waals surface area contributed by atoms with Gasteiger partial charge in [0.2, 0.25) is 11.8 Å². The number of imide groups is 1. The first kappa shape index (κ1) is 24.6. The monoisotopic (exact) mass is 476 g/mol. The second kappa shape index (κ2) is 10.0. The van der Waals surface area contributed by atoms with E-state index in [1.807, 2.05) is 37.8 Å². The molecule has 1 atom stereocenters. The Morgan fingerprint density at radius 2 is 1.43 bits per heavy atom. The molecule has 2 aromatic carbocycles. The highest BCUT2D eigenvalue weighted by Crippen LogP contribution is 2.31. The minimum atomic E-state index is -0.568. The number of piperidine rings is 2. The Kier molecular flexibility index (Phi) is 7.05. The van der Waals surface area contributed by atoms with Gasteiger partial charge in [0.15, 0.2) is 0 Å². The van der Waals surface area contributed by atoms with Crippen molar-refractivity contribution in [3.63, 3.8) is 0 Å². The Bertz CT molecular complexity index is 1110. The highest BCUT2D eigenvalue weighted by atomic mass is 16.6. The number of ether oxygens (including phenoxy) is 1. The van der Waals surface area contributed by atoms with Crippen molar-refractivity contribution >= 4 is 23.7 Å². The fourth-order valence-electron chi connectivity index (χ4n) is 4.70. The largest absolute Gasteiger partial charge is 0.456 e. The van der Waals surface area contributed by atoms with Crippen molar-refractivity contribution in [3.8, 4) is 0 Å². The number of likely N-dealkylation sites (tertiary alicyclic amines) is 1. The van der Waals surface area contributed by atoms with Crippen LogP contribution in [0.1, 0.15) is 90.1 Å². The van der Waals surface area contributed by atoms with Gasteiger partial charge in [-0.15, -0.1) is 0 Å². The van der Waals surface area contributed by atoms with E-state index in [1.165, 1.54) is 5.56 Å². The summed E-state index contributed by atoms with van der Waals surface area (Å²) in [7, 11) is 0. The molecule has 2 fully saturated rings. The van der Waals surface area contributed by atoms with Crippen molar-refractivity contribution in [2.24, 2.45) is 0 Å². The van der Waals surface area contributed by atoms with Crippen LogP contribution in [0.4, 0.5) is 0 Å². The van der Waals surface area contributed by atoms with Crippen LogP contribution in [0, 0.1) is 0 Å². The lowest BCUT2D eigenvalue weighted by Crippen LogP contribution is -2.39. The van der Waals surface area contributed by atoms with Crippen LogP contribution in [-0.2, 0) is 14.3 Å². The smallest absolute Gasteiger partial charge is 0.338 e. The predicted molar refractivity (Wildman–Crippen MR) is 131 cm³/mol. The highest BCUT2D eigenvalue weighted by Gasteiger charge is 2.29. The first-order valence-corrected chi connectivity index (χ1v) is 12.2. The number of hydrogen-bond acceptors (Lipinski definition) is 5. The van der Waals surface area contributed by atoms with Gasteiger partial charge in [0.1, 0.15) is 5.60 Å². The molecular weight excluding hydrogens is 444 g/mol. The van der Waals surface area contributed by atoms with E-state index in [0.29, 0.717) is 43.0 Å². The third kappa shape index (κ3) is 5.96. The van der Waals surface area contributed by atoms with Crippen LogP contribution >= 0.6 is 0 Å². The number of carbonyl (C=O) groups excluding carboxylic acids is 4. The molecule has 0 aromatic heterocycles. The maximum Gasteiger partial charge on any atom is 0.338 e. The van der Waals surface area contributed by atoms with Crippen LogP contribution in [0.5, 0.6) is 0 Å². The SMILES string of the molecule is CC(C)(C)OC(=O)c1ccc(C(=O)N2CCC(c3ccc(C4CCC(=O)NC4=O)cc3)CC2)cc1. The first-order chi connectivity index (χ1) is 16.6. The molecule has 2 aliphatic heterocycles. The number of nitrogens with zero attached hydrogens (tertiary/aromatic N) is 1. The van der Waals surface area contributed by atoms with Crippen LogP contribution in [0.15, 0.2) is 48.5 Å². The lowest BCUT2D eigenvalue weighted by molar-refractivity contribution is -0.134. The molecule has 35 heavy (non-hydrogen) atoms. The van der Waals surface area contributed by atoms with Gasteiger partial charge in [0, 0.05) is 25.1 Å². The normalized spacial score (nSPS) is 19.3. The molecule has 0 saturated carbocycles. The van der Waals surface area contributed by atoms with E-state index >= 15 is 0 Å². The van der Waals surface area contributed by atoms with Gasteiger partial charge in [0.25, 0.3) is 5.91 Å². The molecule has 4 rings (SSSR count). The number of amides is 3. The lowest BCUT2D eigenvalue weighted by Gasteiger charge is -2.32. The summed E-state index contributed by atoms with van der Waals surface area (Å²) in [6, 6.07) is 14.7. The van der Waals surface area contributed by atoms with E-state index in [0.717, 1.165) is 18.4 Å². The van der Waals surface area contributed by atoms with Gasteiger partial charge < -0.3 is 9.64 Å². The minimum Gasteiger partial charge on any atom is -0.456 e. The van der Waals surface area contributed by atoms with Gasteiger partial charge in [0.05, 0.1) is 11.5 Å². The van der Waals surface area contributed by atoms with Crippen molar-refractivity contribution in [1.29, 1.82) is 0 Å². The maximum absolute atomic E-state index is 13.0. The molecule has 2 heterocycles. The van der Waals surface area contributed by atoms with E-state index in [1.54, 1.807) is 24.3 Å². The number of nitrogens with one attached hydrogen (secondary N) is 1. The third-order valence-corrected chi connectivity index (χ3v) is 6.60. The van der Waals surface area contributed by atoms with Crippen LogP contribution in [0.2, 0.25) is 0 Å². The third-order valence-electron chi connectivity index (χ3n) is 6.60. The molecule has 0 spiro atoms. The number of esters is 1. The molecule has 3 amide bonds. The van der Waals surface area contributed by atoms with Crippen LogP contribution in [-0.4, -0.2) is 47.3 Å². The Hall–Kier alpha value is -3.48. The summed E-state index contributed by atoms with van der Waals surface area (Å²) < 4.78 is 5.38. The number of benzene rings is 2. The van der Waals surface area contributed by atoms with Crippen molar-refractivity contribution < 1.29 is 23.9 Å². The van der Waals surface area contributed by atoms with Crippen molar-refractivity contribution in [2.75, 3.05) is 13.1 Å². The van der Waals surface area contributed by atoms with Gasteiger partial charge in [-0.25, -0.2) is 4.79 Å². The molecule has 7 heteroatoms. The summed E-state index contributed by atoms with van der Waals surface area (Å²) in [4.78, 5) is 50.5. The second-order valence-corrected chi connectivity index (χ2v) is 10.3. The topological polar surface area (TPSA) is 92.8 Å². The zero-order valence-electron chi connectivity index (χ0n) is 20.5. The van der Waals surface area contributed by atoms with Crippen molar-refractivity contribution in [3.05, 3.63) is 70.8 Å². The maximum atomic E-state index is 13.0. The summed E-state index contributed by atoms with van der Waals surface area (Å²) in [6.45, 7) is 6.77. The van der Waals surface area contributed by atoms with Gasteiger partial charge in [-0.2, -0.15) is 0 Å². The number of hydrogen-bond donors (Lipinski definition) is 1. The number of rotatable bonds is 4. The van der Waals surface area contributed by atoms with Gasteiger partial charge in [-0.05, 0) is 81.3 Å². The van der Waals surface area contributed by atoms with E-state index in [-0.39, 0.29) is 23.6 Å². The fourth-order valence-corrected chi connectivity index (χ4v) is 4.70. The summed E-state index contributed by atoms with van der Waals surface area (Å²) in [5.74, 6) is -0.788. The average Bonchev–Trinajstić information content (AvgIpc) is 2.83. The molecular formula is C28H32N2O5. The summed E-state index contributed by atoms with van der Waals surface area (Å²) in [5.41, 5.74) is 2.55.